The molecule has 0 fully saturated rings. The van der Waals surface area contributed by atoms with E-state index in [0.29, 0.717) is 5.69 Å². The molecule has 0 aliphatic carbocycles. The van der Waals surface area contributed by atoms with Gasteiger partial charge in [0.2, 0.25) is 11.7 Å². The van der Waals surface area contributed by atoms with Crippen molar-refractivity contribution < 1.29 is 22.0 Å². The van der Waals surface area contributed by atoms with Crippen molar-refractivity contribution in [1.82, 2.24) is 35.4 Å². The van der Waals surface area contributed by atoms with Crippen LogP contribution in [0.2, 0.25) is 0 Å². The van der Waals surface area contributed by atoms with E-state index in [9.17, 15) is 17.6 Å². The zero-order valence-corrected chi connectivity index (χ0v) is 16.0. The number of pyridine rings is 1. The van der Waals surface area contributed by atoms with Gasteiger partial charge in [-0.1, -0.05) is 24.3 Å². The van der Waals surface area contributed by atoms with Gasteiger partial charge in [0, 0.05) is 22.7 Å². The Morgan fingerprint density at radius 1 is 0.969 bits per heavy atom. The third-order valence-corrected chi connectivity index (χ3v) is 4.65. The first kappa shape index (κ1) is 19.7. The molecule has 0 N–H and O–H groups in total. The van der Waals surface area contributed by atoms with E-state index >= 15 is 0 Å². The van der Waals surface area contributed by atoms with Crippen molar-refractivity contribution in [2.75, 3.05) is 0 Å². The minimum absolute atomic E-state index is 0.171. The number of aromatic nitrogens is 7. The number of fused-ring (bicyclic) bond motifs is 1. The van der Waals surface area contributed by atoms with E-state index in [0.717, 1.165) is 27.7 Å². The van der Waals surface area contributed by atoms with Gasteiger partial charge < -0.3 is 4.42 Å². The predicted molar refractivity (Wildman–Crippen MR) is 102 cm³/mol. The van der Waals surface area contributed by atoms with Gasteiger partial charge >= 0.3 is 6.43 Å². The summed E-state index contributed by atoms with van der Waals surface area (Å²) >= 11 is 0. The highest BCUT2D eigenvalue weighted by Gasteiger charge is 2.21. The van der Waals surface area contributed by atoms with E-state index in [2.05, 4.69) is 30.6 Å². The van der Waals surface area contributed by atoms with Gasteiger partial charge in [-0.2, -0.15) is 13.6 Å². The average molecular weight is 441 g/mol. The number of rotatable bonds is 5. The van der Waals surface area contributed by atoms with E-state index in [1.165, 1.54) is 0 Å². The van der Waals surface area contributed by atoms with Crippen molar-refractivity contribution in [2.45, 2.75) is 13.0 Å². The summed E-state index contributed by atoms with van der Waals surface area (Å²) in [6.07, 6.45) is -1.39. The van der Waals surface area contributed by atoms with Gasteiger partial charge in [0.25, 0.3) is 5.89 Å². The lowest BCUT2D eigenvalue weighted by Gasteiger charge is -2.06. The van der Waals surface area contributed by atoms with Gasteiger partial charge in [-0.25, -0.2) is 8.78 Å². The first-order chi connectivity index (χ1) is 15.5. The minimum Gasteiger partial charge on any atom is -0.415 e. The number of tetrazole rings is 1. The van der Waals surface area contributed by atoms with Gasteiger partial charge in [-0.15, -0.1) is 20.4 Å². The first-order valence-electron chi connectivity index (χ1n) is 9.21. The molecule has 5 aromatic rings. The normalized spacial score (nSPS) is 11.5. The van der Waals surface area contributed by atoms with Crippen LogP contribution in [0, 0.1) is 11.6 Å². The summed E-state index contributed by atoms with van der Waals surface area (Å²) in [4.78, 5) is 5.32. The molecule has 2 aromatic carbocycles. The summed E-state index contributed by atoms with van der Waals surface area (Å²) in [7, 11) is 0. The number of hydrogen-bond acceptors (Lipinski definition) is 7. The Hall–Kier alpha value is -4.22. The molecule has 3 aromatic heterocycles. The Labute approximate surface area is 176 Å². The molecule has 0 saturated carbocycles. The van der Waals surface area contributed by atoms with Crippen LogP contribution in [-0.2, 0) is 6.54 Å². The van der Waals surface area contributed by atoms with Crippen molar-refractivity contribution in [3.05, 3.63) is 71.8 Å². The van der Waals surface area contributed by atoms with Crippen molar-refractivity contribution in [3.8, 4) is 23.0 Å². The van der Waals surface area contributed by atoms with Gasteiger partial charge in [0.05, 0.1) is 6.54 Å². The molecule has 3 heterocycles. The van der Waals surface area contributed by atoms with Crippen LogP contribution in [0.15, 0.2) is 53.1 Å². The minimum atomic E-state index is -2.99. The second-order valence-corrected chi connectivity index (χ2v) is 6.69. The van der Waals surface area contributed by atoms with Crippen LogP contribution in [0.5, 0.6) is 0 Å². The average Bonchev–Trinajstić information content (AvgIpc) is 3.46. The van der Waals surface area contributed by atoms with Crippen molar-refractivity contribution in [1.29, 1.82) is 0 Å². The number of halogens is 4. The fourth-order valence-electron chi connectivity index (χ4n) is 3.16. The van der Waals surface area contributed by atoms with Crippen molar-refractivity contribution in [3.63, 3.8) is 0 Å². The standard InChI is InChI=1S/C20H11F4N7O/c21-14-7-11(19-27-28-20(32-19)17(23)24)8-15(22)13(14)9-31-29-18(26-30-31)16-12-4-2-1-3-10(12)5-6-25-16/h1-8,17H,9H2. The summed E-state index contributed by atoms with van der Waals surface area (Å²) in [6.45, 7) is -0.359. The van der Waals surface area contributed by atoms with E-state index in [4.69, 9.17) is 4.42 Å². The van der Waals surface area contributed by atoms with Crippen LogP contribution < -0.4 is 0 Å². The van der Waals surface area contributed by atoms with Crippen LogP contribution in [0.25, 0.3) is 33.7 Å². The predicted octanol–water partition coefficient (Wildman–Crippen LogP) is 4.20. The molecule has 160 valence electrons. The van der Waals surface area contributed by atoms with Gasteiger partial charge in [-0.3, -0.25) is 4.98 Å². The van der Waals surface area contributed by atoms with Crippen molar-refractivity contribution in [2.24, 2.45) is 0 Å². The van der Waals surface area contributed by atoms with Gasteiger partial charge in [0.15, 0.2) is 0 Å². The Morgan fingerprint density at radius 2 is 1.75 bits per heavy atom. The molecule has 0 bridgehead atoms. The first-order valence-corrected chi connectivity index (χ1v) is 9.21. The third-order valence-electron chi connectivity index (χ3n) is 4.65. The molecule has 0 aliphatic heterocycles. The SMILES string of the molecule is Fc1cc(-c2nnc(C(F)F)o2)cc(F)c1Cn1nnc(-c2nccc3ccccc23)n1. The Kier molecular flexibility index (Phi) is 4.81. The summed E-state index contributed by atoms with van der Waals surface area (Å²) < 4.78 is 59.1. The molecule has 0 unspecified atom stereocenters. The van der Waals surface area contributed by atoms with E-state index in [-0.39, 0.29) is 23.5 Å². The maximum atomic E-state index is 14.6. The molecule has 0 saturated heterocycles. The largest absolute Gasteiger partial charge is 0.415 e. The molecular formula is C20H11F4N7O. The summed E-state index contributed by atoms with van der Waals surface area (Å²) in [6, 6.07) is 11.1. The van der Waals surface area contributed by atoms with Gasteiger partial charge in [0.1, 0.15) is 17.3 Å². The van der Waals surface area contributed by atoms with Gasteiger partial charge in [-0.05, 0) is 28.8 Å². The highest BCUT2D eigenvalue weighted by Crippen LogP contribution is 2.27. The van der Waals surface area contributed by atoms with Crippen LogP contribution in [-0.4, -0.2) is 35.4 Å². The topological polar surface area (TPSA) is 95.4 Å². The molecular weight excluding hydrogens is 430 g/mol. The zero-order valence-electron chi connectivity index (χ0n) is 16.0. The lowest BCUT2D eigenvalue weighted by atomic mass is 10.1. The number of benzene rings is 2. The highest BCUT2D eigenvalue weighted by molar-refractivity contribution is 5.92. The Balaban J connectivity index is 1.44. The molecule has 12 heteroatoms. The summed E-state index contributed by atoms with van der Waals surface area (Å²) in [5, 5.41) is 20.3. The molecule has 0 amide bonds. The maximum Gasteiger partial charge on any atom is 0.314 e. The molecule has 0 aliphatic rings. The van der Waals surface area contributed by atoms with Crippen LogP contribution in [0.4, 0.5) is 17.6 Å². The lowest BCUT2D eigenvalue weighted by molar-refractivity contribution is 0.116. The van der Waals surface area contributed by atoms with E-state index in [1.807, 2.05) is 30.3 Å². The monoisotopic (exact) mass is 441 g/mol. The number of nitrogens with zero attached hydrogens (tertiary/aromatic N) is 7. The smallest absolute Gasteiger partial charge is 0.314 e. The van der Waals surface area contributed by atoms with E-state index < -0.39 is 29.8 Å². The second-order valence-electron chi connectivity index (χ2n) is 6.69. The number of hydrogen-bond donors (Lipinski definition) is 0. The summed E-state index contributed by atoms with van der Waals surface area (Å²) in [5.41, 5.74) is -0.0376. The fourth-order valence-corrected chi connectivity index (χ4v) is 3.16. The second kappa shape index (κ2) is 7.80. The van der Waals surface area contributed by atoms with Crippen LogP contribution >= 0.6 is 0 Å². The Morgan fingerprint density at radius 3 is 2.50 bits per heavy atom. The zero-order chi connectivity index (χ0) is 22.2. The molecule has 0 atom stereocenters. The van der Waals surface area contributed by atoms with Crippen molar-refractivity contribution >= 4 is 10.8 Å². The maximum absolute atomic E-state index is 14.6. The molecule has 0 spiro atoms. The van der Waals surface area contributed by atoms with E-state index in [1.54, 1.807) is 6.20 Å². The molecule has 5 rings (SSSR count). The lowest BCUT2D eigenvalue weighted by Crippen LogP contribution is -2.08. The molecule has 0 radical (unpaired) electrons. The fraction of sp³-hybridized carbons (Fsp3) is 0.100. The van der Waals surface area contributed by atoms with Crippen LogP contribution in [0.3, 0.4) is 0 Å². The molecule has 8 nitrogen and oxygen atoms in total. The summed E-state index contributed by atoms with van der Waals surface area (Å²) in [5.74, 6) is -3.08. The van der Waals surface area contributed by atoms with Crippen LogP contribution in [0.1, 0.15) is 17.9 Å². The molecule has 32 heavy (non-hydrogen) atoms. The quantitative estimate of drug-likeness (QED) is 0.377. The number of alkyl halides is 2. The highest BCUT2D eigenvalue weighted by atomic mass is 19.3. The third kappa shape index (κ3) is 3.55. The Bertz CT molecular complexity index is 1400.